The molecule has 2 aromatic rings. The first kappa shape index (κ1) is 14.0. The van der Waals surface area contributed by atoms with E-state index in [1.807, 2.05) is 13.0 Å². The van der Waals surface area contributed by atoms with Crippen LogP contribution in [0.25, 0.3) is 0 Å². The number of aryl methyl sites for hydroxylation is 1. The molecule has 2 N–H and O–H groups in total. The lowest BCUT2D eigenvalue weighted by molar-refractivity contribution is 0.475. The molecule has 2 rings (SSSR count). The number of nitriles is 1. The van der Waals surface area contributed by atoms with Crippen molar-refractivity contribution in [1.82, 2.24) is 0 Å². The van der Waals surface area contributed by atoms with Crippen LogP contribution in [0.4, 0.5) is 5.69 Å². The first-order valence-electron chi connectivity index (χ1n) is 6.59. The fourth-order valence-electron chi connectivity index (χ4n) is 2.02. The van der Waals surface area contributed by atoms with Crippen LogP contribution in [0.3, 0.4) is 0 Å². The normalized spacial score (nSPS) is 10.3. The number of anilines is 1. The van der Waals surface area contributed by atoms with Crippen molar-refractivity contribution in [3.8, 4) is 17.6 Å². The number of hydrogen-bond donors (Lipinski definition) is 1. The van der Waals surface area contributed by atoms with E-state index in [4.69, 9.17) is 15.7 Å². The van der Waals surface area contributed by atoms with Crippen molar-refractivity contribution in [1.29, 1.82) is 5.26 Å². The van der Waals surface area contributed by atoms with Crippen LogP contribution >= 0.6 is 0 Å². The van der Waals surface area contributed by atoms with Crippen LogP contribution < -0.4 is 10.5 Å². The molecule has 3 heteroatoms. The topological polar surface area (TPSA) is 59.0 Å². The number of nitrogens with two attached hydrogens (primary N) is 1. The zero-order valence-electron chi connectivity index (χ0n) is 12.0. The summed E-state index contributed by atoms with van der Waals surface area (Å²) in [5.74, 6) is 1.67. The molecule has 0 saturated heterocycles. The third-order valence-corrected chi connectivity index (χ3v) is 3.15. The molecule has 0 aliphatic rings. The molecule has 0 heterocycles. The molecule has 0 aliphatic carbocycles. The second kappa shape index (κ2) is 5.66. The monoisotopic (exact) mass is 266 g/mol. The van der Waals surface area contributed by atoms with Crippen molar-refractivity contribution in [2.24, 2.45) is 0 Å². The Labute approximate surface area is 119 Å². The average molecular weight is 266 g/mol. The molecule has 0 amide bonds. The highest BCUT2D eigenvalue weighted by Gasteiger charge is 2.11. The summed E-state index contributed by atoms with van der Waals surface area (Å²) in [4.78, 5) is 0. The molecule has 0 saturated carbocycles. The van der Waals surface area contributed by atoms with Gasteiger partial charge in [-0.2, -0.15) is 5.26 Å². The van der Waals surface area contributed by atoms with Crippen LogP contribution in [0, 0.1) is 18.3 Å². The summed E-state index contributed by atoms with van der Waals surface area (Å²) >= 11 is 0. The van der Waals surface area contributed by atoms with Crippen molar-refractivity contribution in [2.75, 3.05) is 5.73 Å². The van der Waals surface area contributed by atoms with E-state index in [-0.39, 0.29) is 0 Å². The fourth-order valence-corrected chi connectivity index (χ4v) is 2.02. The Balaban J connectivity index is 2.44. The highest BCUT2D eigenvalue weighted by Crippen LogP contribution is 2.34. The van der Waals surface area contributed by atoms with Crippen LogP contribution in [-0.2, 0) is 0 Å². The Morgan fingerprint density at radius 2 is 1.85 bits per heavy atom. The molecule has 2 aromatic carbocycles. The van der Waals surface area contributed by atoms with Gasteiger partial charge in [-0.05, 0) is 42.2 Å². The van der Waals surface area contributed by atoms with Crippen LogP contribution in [0.2, 0.25) is 0 Å². The van der Waals surface area contributed by atoms with Gasteiger partial charge >= 0.3 is 0 Å². The van der Waals surface area contributed by atoms with Gasteiger partial charge in [0.1, 0.15) is 5.75 Å². The smallest absolute Gasteiger partial charge is 0.151 e. The minimum Gasteiger partial charge on any atom is -0.455 e. The second-order valence-corrected chi connectivity index (χ2v) is 5.16. The molecule has 3 nitrogen and oxygen atoms in total. The average Bonchev–Trinajstić information content (AvgIpc) is 2.41. The largest absolute Gasteiger partial charge is 0.455 e. The van der Waals surface area contributed by atoms with E-state index in [1.54, 1.807) is 18.2 Å². The molecule has 0 atom stereocenters. The second-order valence-electron chi connectivity index (χ2n) is 5.16. The van der Waals surface area contributed by atoms with Crippen LogP contribution in [0.15, 0.2) is 36.4 Å². The van der Waals surface area contributed by atoms with Crippen LogP contribution in [-0.4, -0.2) is 0 Å². The lowest BCUT2D eigenvalue weighted by atomic mass is 10.0. The van der Waals surface area contributed by atoms with Crippen molar-refractivity contribution in [3.63, 3.8) is 0 Å². The first-order chi connectivity index (χ1) is 9.51. The lowest BCUT2D eigenvalue weighted by Gasteiger charge is -2.15. The van der Waals surface area contributed by atoms with Gasteiger partial charge < -0.3 is 10.5 Å². The van der Waals surface area contributed by atoms with Crippen LogP contribution in [0.1, 0.15) is 36.5 Å². The maximum absolute atomic E-state index is 8.96. The molecule has 0 radical (unpaired) electrons. The Bertz CT molecular complexity index is 669. The Hall–Kier alpha value is -2.47. The Morgan fingerprint density at radius 3 is 2.50 bits per heavy atom. The van der Waals surface area contributed by atoms with Gasteiger partial charge in [0.05, 0.1) is 17.3 Å². The van der Waals surface area contributed by atoms with Crippen molar-refractivity contribution >= 4 is 5.69 Å². The third kappa shape index (κ3) is 2.92. The van der Waals surface area contributed by atoms with Gasteiger partial charge in [0.25, 0.3) is 0 Å². The van der Waals surface area contributed by atoms with Crippen molar-refractivity contribution < 1.29 is 4.74 Å². The molecule has 102 valence electrons. The van der Waals surface area contributed by atoms with Gasteiger partial charge in [-0.3, -0.25) is 0 Å². The summed E-state index contributed by atoms with van der Waals surface area (Å²) in [5, 5.41) is 8.96. The number of nitrogens with zero attached hydrogens (tertiary/aromatic N) is 1. The number of hydrogen-bond acceptors (Lipinski definition) is 3. The van der Waals surface area contributed by atoms with E-state index in [9.17, 15) is 0 Å². The van der Waals surface area contributed by atoms with Crippen LogP contribution in [0.5, 0.6) is 11.5 Å². The summed E-state index contributed by atoms with van der Waals surface area (Å²) < 4.78 is 5.95. The SMILES string of the molecule is Cc1ccc(C(C)C)c(Oc2cc(C#N)ccc2N)c1. The predicted octanol–water partition coefficient (Wildman–Crippen LogP) is 4.36. The molecule has 20 heavy (non-hydrogen) atoms. The predicted molar refractivity (Wildman–Crippen MR) is 80.9 cm³/mol. The minimum absolute atomic E-state index is 0.353. The first-order valence-corrected chi connectivity index (χ1v) is 6.59. The molecule has 0 aliphatic heterocycles. The molecule has 0 spiro atoms. The van der Waals surface area contributed by atoms with E-state index >= 15 is 0 Å². The van der Waals surface area contributed by atoms with Gasteiger partial charge in [0, 0.05) is 6.07 Å². The number of nitrogen functional groups attached to an aromatic ring is 1. The highest BCUT2D eigenvalue weighted by molar-refractivity contribution is 5.58. The van der Waals surface area contributed by atoms with Gasteiger partial charge in [-0.15, -0.1) is 0 Å². The summed E-state index contributed by atoms with van der Waals surface area (Å²) in [6.07, 6.45) is 0. The summed E-state index contributed by atoms with van der Waals surface area (Å²) in [5.41, 5.74) is 9.23. The number of benzene rings is 2. The number of rotatable bonds is 3. The van der Waals surface area contributed by atoms with Gasteiger partial charge in [-0.25, -0.2) is 0 Å². The fraction of sp³-hybridized carbons (Fsp3) is 0.235. The molecule has 0 fully saturated rings. The van der Waals surface area contributed by atoms with Crippen molar-refractivity contribution in [2.45, 2.75) is 26.7 Å². The molecule has 0 unspecified atom stereocenters. The zero-order chi connectivity index (χ0) is 14.7. The van der Waals surface area contributed by atoms with E-state index in [2.05, 4.69) is 32.0 Å². The van der Waals surface area contributed by atoms with Gasteiger partial charge in [-0.1, -0.05) is 26.0 Å². The van der Waals surface area contributed by atoms with E-state index in [0.29, 0.717) is 22.9 Å². The zero-order valence-corrected chi connectivity index (χ0v) is 12.0. The number of ether oxygens (including phenoxy) is 1. The molecular formula is C17H18N2O. The van der Waals surface area contributed by atoms with Gasteiger partial charge in [0.15, 0.2) is 5.75 Å². The third-order valence-electron chi connectivity index (χ3n) is 3.15. The lowest BCUT2D eigenvalue weighted by Crippen LogP contribution is -1.97. The quantitative estimate of drug-likeness (QED) is 0.839. The minimum atomic E-state index is 0.353. The highest BCUT2D eigenvalue weighted by atomic mass is 16.5. The summed E-state index contributed by atoms with van der Waals surface area (Å²) in [6.45, 7) is 6.26. The maximum atomic E-state index is 8.96. The summed E-state index contributed by atoms with van der Waals surface area (Å²) in [7, 11) is 0. The summed E-state index contributed by atoms with van der Waals surface area (Å²) in [6, 6.07) is 13.3. The van der Waals surface area contributed by atoms with E-state index in [0.717, 1.165) is 16.9 Å². The van der Waals surface area contributed by atoms with Gasteiger partial charge in [0.2, 0.25) is 0 Å². The molecule has 0 aromatic heterocycles. The standard InChI is InChI=1S/C17H18N2O/c1-11(2)14-6-4-12(3)8-16(14)20-17-9-13(10-18)5-7-15(17)19/h4-9,11H,19H2,1-3H3. The maximum Gasteiger partial charge on any atom is 0.151 e. The Morgan fingerprint density at radius 1 is 1.10 bits per heavy atom. The molecule has 0 bridgehead atoms. The Kier molecular flexibility index (Phi) is 3.95. The van der Waals surface area contributed by atoms with Crippen molar-refractivity contribution in [3.05, 3.63) is 53.1 Å². The molecular weight excluding hydrogens is 248 g/mol. The van der Waals surface area contributed by atoms with E-state index < -0.39 is 0 Å². The van der Waals surface area contributed by atoms with E-state index in [1.165, 1.54) is 0 Å².